The van der Waals surface area contributed by atoms with Gasteiger partial charge in [0.1, 0.15) is 0 Å². The SMILES string of the molecule is O=C(c1cnc(Nc2ccc(Cl)cc2C(F)(F)F)nc1)N1CCCC1. The fourth-order valence-corrected chi connectivity index (χ4v) is 2.76. The first kappa shape index (κ1) is 17.5. The van der Waals surface area contributed by atoms with Crippen LogP contribution in [0.5, 0.6) is 0 Å². The van der Waals surface area contributed by atoms with Gasteiger partial charge in [-0.25, -0.2) is 9.97 Å². The van der Waals surface area contributed by atoms with E-state index in [-0.39, 0.29) is 22.6 Å². The Labute approximate surface area is 146 Å². The maximum atomic E-state index is 13.1. The van der Waals surface area contributed by atoms with Crippen molar-refractivity contribution in [1.29, 1.82) is 0 Å². The summed E-state index contributed by atoms with van der Waals surface area (Å²) >= 11 is 5.64. The molecule has 1 aliphatic heterocycles. The lowest BCUT2D eigenvalue weighted by atomic mass is 10.1. The molecule has 5 nitrogen and oxygen atoms in total. The molecule has 1 amide bonds. The number of halogens is 4. The van der Waals surface area contributed by atoms with Crippen LogP contribution < -0.4 is 5.32 Å². The van der Waals surface area contributed by atoms with Crippen molar-refractivity contribution in [1.82, 2.24) is 14.9 Å². The third-order valence-corrected chi connectivity index (χ3v) is 4.06. The number of rotatable bonds is 3. The number of hydrogen-bond acceptors (Lipinski definition) is 4. The lowest BCUT2D eigenvalue weighted by Crippen LogP contribution is -2.27. The average Bonchev–Trinajstić information content (AvgIpc) is 3.10. The Morgan fingerprint density at radius 1 is 1.16 bits per heavy atom. The quantitative estimate of drug-likeness (QED) is 0.882. The van der Waals surface area contributed by atoms with Crippen molar-refractivity contribution in [3.8, 4) is 0 Å². The highest BCUT2D eigenvalue weighted by Gasteiger charge is 2.34. The van der Waals surface area contributed by atoms with Crippen LogP contribution in [0.4, 0.5) is 24.8 Å². The molecule has 0 spiro atoms. The summed E-state index contributed by atoms with van der Waals surface area (Å²) in [5.74, 6) is -0.211. The number of carbonyl (C=O) groups excluding carboxylic acids is 1. The van der Waals surface area contributed by atoms with Gasteiger partial charge in [-0.1, -0.05) is 11.6 Å². The molecule has 0 atom stereocenters. The first-order chi connectivity index (χ1) is 11.8. The molecular weight excluding hydrogens is 357 g/mol. The minimum atomic E-state index is -4.57. The van der Waals surface area contributed by atoms with E-state index in [0.29, 0.717) is 18.7 Å². The molecule has 9 heteroatoms. The number of amides is 1. The summed E-state index contributed by atoms with van der Waals surface area (Å²) in [5.41, 5.74) is -0.823. The molecule has 1 N–H and O–H groups in total. The van der Waals surface area contributed by atoms with E-state index >= 15 is 0 Å². The van der Waals surface area contributed by atoms with Gasteiger partial charge in [0.25, 0.3) is 5.91 Å². The Morgan fingerprint density at radius 3 is 2.40 bits per heavy atom. The second-order valence-corrected chi connectivity index (χ2v) is 6.04. The first-order valence-electron chi connectivity index (χ1n) is 7.60. The molecule has 0 saturated carbocycles. The van der Waals surface area contributed by atoms with Crippen LogP contribution >= 0.6 is 11.6 Å². The summed E-state index contributed by atoms with van der Waals surface area (Å²) < 4.78 is 39.3. The topological polar surface area (TPSA) is 58.1 Å². The van der Waals surface area contributed by atoms with E-state index in [2.05, 4.69) is 15.3 Å². The summed E-state index contributed by atoms with van der Waals surface area (Å²) in [4.78, 5) is 21.8. The smallest absolute Gasteiger partial charge is 0.339 e. The van der Waals surface area contributed by atoms with E-state index in [4.69, 9.17) is 11.6 Å². The average molecular weight is 371 g/mol. The molecule has 1 aromatic heterocycles. The zero-order chi connectivity index (χ0) is 18.0. The van der Waals surface area contributed by atoms with Gasteiger partial charge in [-0.15, -0.1) is 0 Å². The van der Waals surface area contributed by atoms with Crippen molar-refractivity contribution in [2.24, 2.45) is 0 Å². The van der Waals surface area contributed by atoms with E-state index in [1.165, 1.54) is 24.5 Å². The van der Waals surface area contributed by atoms with Crippen LogP contribution in [0.3, 0.4) is 0 Å². The van der Waals surface area contributed by atoms with Gasteiger partial charge in [0.2, 0.25) is 5.95 Å². The highest BCUT2D eigenvalue weighted by atomic mass is 35.5. The third-order valence-electron chi connectivity index (χ3n) is 3.83. The minimum Gasteiger partial charge on any atom is -0.339 e. The third kappa shape index (κ3) is 4.01. The first-order valence-corrected chi connectivity index (χ1v) is 7.97. The van der Waals surface area contributed by atoms with Crippen molar-refractivity contribution < 1.29 is 18.0 Å². The number of anilines is 2. The summed E-state index contributed by atoms with van der Waals surface area (Å²) in [6.07, 6.45) is -0.0384. The highest BCUT2D eigenvalue weighted by Crippen LogP contribution is 2.37. The van der Waals surface area contributed by atoms with Gasteiger partial charge in [0, 0.05) is 30.5 Å². The minimum absolute atomic E-state index is 0.0228. The molecule has 1 fully saturated rings. The maximum Gasteiger partial charge on any atom is 0.418 e. The van der Waals surface area contributed by atoms with Crippen LogP contribution in [0, 0.1) is 0 Å². The van der Waals surface area contributed by atoms with E-state index in [1.54, 1.807) is 4.90 Å². The fraction of sp³-hybridized carbons (Fsp3) is 0.312. The maximum absolute atomic E-state index is 13.1. The molecule has 0 aliphatic carbocycles. The number of alkyl halides is 3. The van der Waals surface area contributed by atoms with Crippen LogP contribution in [0.15, 0.2) is 30.6 Å². The van der Waals surface area contributed by atoms with E-state index < -0.39 is 11.7 Å². The summed E-state index contributed by atoms with van der Waals surface area (Å²) in [5, 5.41) is 2.49. The van der Waals surface area contributed by atoms with Crippen LogP contribution in [-0.2, 0) is 6.18 Å². The monoisotopic (exact) mass is 370 g/mol. The van der Waals surface area contributed by atoms with E-state index in [0.717, 1.165) is 18.9 Å². The zero-order valence-electron chi connectivity index (χ0n) is 13.0. The highest BCUT2D eigenvalue weighted by molar-refractivity contribution is 6.30. The molecule has 1 aliphatic rings. The van der Waals surface area contributed by atoms with E-state index in [1.807, 2.05) is 0 Å². The molecule has 2 aromatic rings. The molecule has 0 radical (unpaired) electrons. The van der Waals surface area contributed by atoms with Gasteiger partial charge in [0.15, 0.2) is 0 Å². The second kappa shape index (κ2) is 6.87. The molecule has 2 heterocycles. The fourth-order valence-electron chi connectivity index (χ4n) is 2.59. The summed E-state index contributed by atoms with van der Waals surface area (Å²) in [6, 6.07) is 3.37. The number of hydrogen-bond donors (Lipinski definition) is 1. The Kier molecular flexibility index (Phi) is 4.80. The molecular formula is C16H14ClF3N4O. The van der Waals surface area contributed by atoms with Crippen LogP contribution in [-0.4, -0.2) is 33.9 Å². The summed E-state index contributed by atoms with van der Waals surface area (Å²) in [6.45, 7) is 1.39. The lowest BCUT2D eigenvalue weighted by Gasteiger charge is -2.15. The number of carbonyl (C=O) groups is 1. The van der Waals surface area contributed by atoms with Crippen molar-refractivity contribution >= 4 is 29.1 Å². The Bertz CT molecular complexity index is 774. The van der Waals surface area contributed by atoms with Gasteiger partial charge in [-0.3, -0.25) is 4.79 Å². The largest absolute Gasteiger partial charge is 0.418 e. The molecule has 0 unspecified atom stereocenters. The number of likely N-dealkylation sites (tertiary alicyclic amines) is 1. The van der Waals surface area contributed by atoms with Gasteiger partial charge in [0.05, 0.1) is 16.8 Å². The molecule has 1 aromatic carbocycles. The zero-order valence-corrected chi connectivity index (χ0v) is 13.7. The number of nitrogens with zero attached hydrogens (tertiary/aromatic N) is 3. The Balaban J connectivity index is 1.79. The van der Waals surface area contributed by atoms with Crippen molar-refractivity contribution in [2.45, 2.75) is 19.0 Å². The van der Waals surface area contributed by atoms with Crippen LogP contribution in [0.2, 0.25) is 5.02 Å². The number of nitrogens with one attached hydrogen (secondary N) is 1. The Hall–Kier alpha value is -2.35. The van der Waals surface area contributed by atoms with Crippen molar-refractivity contribution in [3.63, 3.8) is 0 Å². The molecule has 3 rings (SSSR count). The van der Waals surface area contributed by atoms with Crippen LogP contribution in [0.1, 0.15) is 28.8 Å². The number of benzene rings is 1. The van der Waals surface area contributed by atoms with Gasteiger partial charge in [-0.05, 0) is 31.0 Å². The van der Waals surface area contributed by atoms with Gasteiger partial charge < -0.3 is 10.2 Å². The Morgan fingerprint density at radius 2 is 1.80 bits per heavy atom. The number of aromatic nitrogens is 2. The normalized spacial score (nSPS) is 14.6. The summed E-state index contributed by atoms with van der Waals surface area (Å²) in [7, 11) is 0. The molecule has 25 heavy (non-hydrogen) atoms. The predicted octanol–water partition coefficient (Wildman–Crippen LogP) is 4.13. The van der Waals surface area contributed by atoms with Gasteiger partial charge in [-0.2, -0.15) is 13.2 Å². The molecule has 1 saturated heterocycles. The van der Waals surface area contributed by atoms with E-state index in [9.17, 15) is 18.0 Å². The predicted molar refractivity (Wildman–Crippen MR) is 86.9 cm³/mol. The molecule has 0 bridgehead atoms. The lowest BCUT2D eigenvalue weighted by molar-refractivity contribution is -0.136. The second-order valence-electron chi connectivity index (χ2n) is 5.61. The molecule has 132 valence electrons. The van der Waals surface area contributed by atoms with Crippen molar-refractivity contribution in [3.05, 3.63) is 46.7 Å². The van der Waals surface area contributed by atoms with Crippen LogP contribution in [0.25, 0.3) is 0 Å². The van der Waals surface area contributed by atoms with Crippen molar-refractivity contribution in [2.75, 3.05) is 18.4 Å². The standard InChI is InChI=1S/C16H14ClF3N4O/c17-11-3-4-13(12(7-11)16(18,19)20)23-15-21-8-10(9-22-15)14(25)24-5-1-2-6-24/h3-4,7-9H,1-2,5-6H2,(H,21,22,23). The van der Waals surface area contributed by atoms with Gasteiger partial charge >= 0.3 is 6.18 Å².